The van der Waals surface area contributed by atoms with Crippen LogP contribution in [0, 0.1) is 5.41 Å². The molecule has 0 bridgehead atoms. The second-order valence-corrected chi connectivity index (χ2v) is 6.80. The first-order chi connectivity index (χ1) is 9.99. The van der Waals surface area contributed by atoms with Gasteiger partial charge in [-0.3, -0.25) is 15.2 Å². The second kappa shape index (κ2) is 5.07. The Hall–Kier alpha value is -2.01. The number of nitrogens with zero attached hydrogens (tertiary/aromatic N) is 2. The molecule has 0 aromatic carbocycles. The van der Waals surface area contributed by atoms with Gasteiger partial charge in [-0.05, 0) is 18.2 Å². The number of hydrogen-bond donors (Lipinski definition) is 1. The average molecular weight is 299 g/mol. The van der Waals surface area contributed by atoms with Gasteiger partial charge in [-0.2, -0.15) is 0 Å². The van der Waals surface area contributed by atoms with Gasteiger partial charge in [0, 0.05) is 53.0 Å². The Kier molecular flexibility index (Phi) is 3.37. The topological polar surface area (TPSA) is 57.1 Å². The van der Waals surface area contributed by atoms with Gasteiger partial charge in [0.2, 0.25) is 5.91 Å². The van der Waals surface area contributed by atoms with Crippen LogP contribution in [0.25, 0.3) is 10.4 Å². The molecule has 1 N–H and O–H groups in total. The summed E-state index contributed by atoms with van der Waals surface area (Å²) in [5.41, 5.74) is 0.817. The molecule has 0 unspecified atom stereocenters. The van der Waals surface area contributed by atoms with E-state index in [1.165, 1.54) is 4.90 Å². The van der Waals surface area contributed by atoms with Crippen LogP contribution in [0.2, 0.25) is 0 Å². The van der Waals surface area contributed by atoms with Crippen LogP contribution in [0.4, 0.5) is 0 Å². The number of carbonyl (C=O) groups excluding carboxylic acids is 1. The van der Waals surface area contributed by atoms with E-state index in [-0.39, 0.29) is 11.3 Å². The van der Waals surface area contributed by atoms with Gasteiger partial charge in [-0.15, -0.1) is 11.3 Å². The highest BCUT2D eigenvalue weighted by atomic mass is 32.1. The van der Waals surface area contributed by atoms with Gasteiger partial charge in [-0.25, -0.2) is 0 Å². The SMILES string of the molecule is CN1C(=N)C[C@](C)(c2ccc(-c3cccnc3)s2)CC1=O. The Morgan fingerprint density at radius 3 is 2.81 bits per heavy atom. The predicted molar refractivity (Wildman–Crippen MR) is 84.6 cm³/mol. The number of rotatable bonds is 2. The zero-order chi connectivity index (χ0) is 15.0. The molecular weight excluding hydrogens is 282 g/mol. The summed E-state index contributed by atoms with van der Waals surface area (Å²) in [6.07, 6.45) is 4.66. The van der Waals surface area contributed by atoms with Crippen LogP contribution in [-0.4, -0.2) is 28.7 Å². The smallest absolute Gasteiger partial charge is 0.228 e. The third-order valence-corrected chi connectivity index (χ3v) is 5.47. The maximum atomic E-state index is 12.0. The summed E-state index contributed by atoms with van der Waals surface area (Å²) >= 11 is 1.69. The predicted octanol–water partition coefficient (Wildman–Crippen LogP) is 3.30. The fraction of sp³-hybridized carbons (Fsp3) is 0.312. The van der Waals surface area contributed by atoms with Gasteiger partial charge in [0.1, 0.15) is 5.84 Å². The lowest BCUT2D eigenvalue weighted by Crippen LogP contribution is -2.46. The number of carbonyl (C=O) groups is 1. The highest BCUT2D eigenvalue weighted by Gasteiger charge is 2.39. The maximum Gasteiger partial charge on any atom is 0.228 e. The van der Waals surface area contributed by atoms with Crippen molar-refractivity contribution in [2.45, 2.75) is 25.2 Å². The largest absolute Gasteiger partial charge is 0.304 e. The van der Waals surface area contributed by atoms with Crippen molar-refractivity contribution in [3.63, 3.8) is 0 Å². The normalized spacial score (nSPS) is 22.7. The number of nitrogens with one attached hydrogen (secondary N) is 1. The van der Waals surface area contributed by atoms with Crippen LogP contribution in [0.3, 0.4) is 0 Å². The van der Waals surface area contributed by atoms with E-state index in [0.717, 1.165) is 15.3 Å². The van der Waals surface area contributed by atoms with Gasteiger partial charge < -0.3 is 4.90 Å². The molecule has 108 valence electrons. The minimum absolute atomic E-state index is 0.0186. The summed E-state index contributed by atoms with van der Waals surface area (Å²) < 4.78 is 0. The van der Waals surface area contributed by atoms with Crippen molar-refractivity contribution < 1.29 is 4.79 Å². The van der Waals surface area contributed by atoms with Crippen LogP contribution in [0.1, 0.15) is 24.6 Å². The van der Waals surface area contributed by atoms with Crippen molar-refractivity contribution in [3.05, 3.63) is 41.5 Å². The highest BCUT2D eigenvalue weighted by Crippen LogP contribution is 2.41. The Balaban J connectivity index is 1.93. The van der Waals surface area contributed by atoms with E-state index in [4.69, 9.17) is 5.41 Å². The maximum absolute atomic E-state index is 12.0. The summed E-state index contributed by atoms with van der Waals surface area (Å²) in [6.45, 7) is 2.07. The quantitative estimate of drug-likeness (QED) is 0.925. The summed E-state index contributed by atoms with van der Waals surface area (Å²) in [5.74, 6) is 0.412. The number of aromatic nitrogens is 1. The van der Waals surface area contributed by atoms with Crippen LogP contribution < -0.4 is 0 Å². The number of thiophene rings is 1. The lowest BCUT2D eigenvalue weighted by Gasteiger charge is -2.36. The summed E-state index contributed by atoms with van der Waals surface area (Å²) in [4.78, 5) is 20.0. The number of likely N-dealkylation sites (tertiary alicyclic amines) is 1. The van der Waals surface area contributed by atoms with Crippen molar-refractivity contribution in [1.82, 2.24) is 9.88 Å². The third kappa shape index (κ3) is 2.49. The van der Waals surface area contributed by atoms with Gasteiger partial charge in [0.05, 0.1) is 0 Å². The number of piperidine rings is 1. The van der Waals surface area contributed by atoms with Gasteiger partial charge in [-0.1, -0.05) is 13.0 Å². The molecule has 3 rings (SSSR count). The van der Waals surface area contributed by atoms with Crippen molar-refractivity contribution in [3.8, 4) is 10.4 Å². The Morgan fingerprint density at radius 2 is 2.14 bits per heavy atom. The zero-order valence-electron chi connectivity index (χ0n) is 12.1. The summed E-state index contributed by atoms with van der Waals surface area (Å²) in [5, 5.41) is 8.00. The molecule has 1 aliphatic rings. The van der Waals surface area contributed by atoms with Crippen LogP contribution >= 0.6 is 11.3 Å². The van der Waals surface area contributed by atoms with Gasteiger partial charge in [0.25, 0.3) is 0 Å². The van der Waals surface area contributed by atoms with E-state index in [0.29, 0.717) is 18.7 Å². The molecule has 5 heteroatoms. The average Bonchev–Trinajstić information content (AvgIpc) is 2.96. The Bertz CT molecular complexity index is 675. The van der Waals surface area contributed by atoms with Crippen molar-refractivity contribution >= 4 is 23.1 Å². The molecule has 3 heterocycles. The zero-order valence-corrected chi connectivity index (χ0v) is 12.9. The monoisotopic (exact) mass is 299 g/mol. The molecule has 1 fully saturated rings. The first-order valence-electron chi connectivity index (χ1n) is 6.84. The standard InChI is InChI=1S/C16H17N3OS/c1-16(8-14(17)19(2)15(20)9-16)13-6-5-12(21-13)11-4-3-7-18-10-11/h3-7,10,17H,8-9H2,1-2H3/t16-/m0/s1. The molecule has 2 aromatic heterocycles. The molecule has 1 atom stereocenters. The molecule has 1 saturated heterocycles. The fourth-order valence-corrected chi connectivity index (χ4v) is 3.79. The van der Waals surface area contributed by atoms with Crippen LogP contribution in [-0.2, 0) is 10.2 Å². The van der Waals surface area contributed by atoms with Gasteiger partial charge >= 0.3 is 0 Å². The van der Waals surface area contributed by atoms with Crippen LogP contribution in [0.15, 0.2) is 36.7 Å². The molecule has 1 amide bonds. The van der Waals surface area contributed by atoms with Crippen molar-refractivity contribution in [2.75, 3.05) is 7.05 Å². The molecule has 0 radical (unpaired) electrons. The summed E-state index contributed by atoms with van der Waals surface area (Å²) in [6, 6.07) is 8.12. The Labute approximate surface area is 128 Å². The second-order valence-electron chi connectivity index (χ2n) is 5.72. The number of pyridine rings is 1. The lowest BCUT2D eigenvalue weighted by atomic mass is 9.78. The van der Waals surface area contributed by atoms with Crippen LogP contribution in [0.5, 0.6) is 0 Å². The third-order valence-electron chi connectivity index (χ3n) is 4.02. The van der Waals surface area contributed by atoms with E-state index in [1.807, 2.05) is 18.3 Å². The molecule has 0 spiro atoms. The first kappa shape index (κ1) is 13.9. The van der Waals surface area contributed by atoms with Crippen molar-refractivity contribution in [2.24, 2.45) is 0 Å². The first-order valence-corrected chi connectivity index (χ1v) is 7.66. The van der Waals surface area contributed by atoms with Crippen molar-refractivity contribution in [1.29, 1.82) is 5.41 Å². The van der Waals surface area contributed by atoms with E-state index in [1.54, 1.807) is 24.6 Å². The number of amidine groups is 1. The van der Waals surface area contributed by atoms with E-state index in [9.17, 15) is 4.79 Å². The Morgan fingerprint density at radius 1 is 1.33 bits per heavy atom. The molecule has 2 aromatic rings. The molecule has 0 aliphatic carbocycles. The van der Waals surface area contributed by atoms with Gasteiger partial charge in [0.15, 0.2) is 0 Å². The van der Waals surface area contributed by atoms with E-state index < -0.39 is 0 Å². The minimum Gasteiger partial charge on any atom is -0.304 e. The summed E-state index contributed by atoms with van der Waals surface area (Å²) in [7, 11) is 1.68. The number of amides is 1. The number of hydrogen-bond acceptors (Lipinski definition) is 4. The van der Waals surface area contributed by atoms with E-state index >= 15 is 0 Å². The lowest BCUT2D eigenvalue weighted by molar-refractivity contribution is -0.128. The van der Waals surface area contributed by atoms with E-state index in [2.05, 4.69) is 24.0 Å². The molecule has 4 nitrogen and oxygen atoms in total. The molecule has 1 aliphatic heterocycles. The minimum atomic E-state index is -0.272. The molecule has 21 heavy (non-hydrogen) atoms. The highest BCUT2D eigenvalue weighted by molar-refractivity contribution is 7.15. The fourth-order valence-electron chi connectivity index (χ4n) is 2.65. The molecular formula is C16H17N3OS. The molecule has 0 saturated carbocycles.